The molecule has 0 aliphatic heterocycles. The minimum atomic E-state index is -0.703. The smallest absolute Gasteiger partial charge is 0.261 e. The molecule has 0 aliphatic rings. The number of amides is 1. The summed E-state index contributed by atoms with van der Waals surface area (Å²) < 4.78 is 27.1. The molecule has 0 unspecified atom stereocenters. The van der Waals surface area contributed by atoms with Gasteiger partial charge in [-0.3, -0.25) is 4.79 Å². The van der Waals surface area contributed by atoms with Gasteiger partial charge in [-0.1, -0.05) is 0 Å². The van der Waals surface area contributed by atoms with Crippen LogP contribution in [-0.4, -0.2) is 24.5 Å². The molecule has 21 heavy (non-hydrogen) atoms. The van der Waals surface area contributed by atoms with Crippen LogP contribution in [0, 0.1) is 11.6 Å². The molecule has 1 heterocycles. The second-order valence-corrected chi connectivity index (χ2v) is 4.30. The van der Waals surface area contributed by atoms with Crippen LogP contribution in [-0.2, 0) is 0 Å². The number of nitrogens with zero attached hydrogens (tertiary/aromatic N) is 2. The summed E-state index contributed by atoms with van der Waals surface area (Å²) in [6, 6.07) is 6.80. The van der Waals surface area contributed by atoms with Gasteiger partial charge in [-0.15, -0.1) is 0 Å². The van der Waals surface area contributed by atoms with Gasteiger partial charge >= 0.3 is 0 Å². The van der Waals surface area contributed by atoms with Crippen molar-refractivity contribution in [1.29, 1.82) is 0 Å². The van der Waals surface area contributed by atoms with Crippen molar-refractivity contribution in [2.24, 2.45) is 0 Å². The number of halogens is 2. The molecule has 0 radical (unpaired) electrons. The lowest BCUT2D eigenvalue weighted by Gasteiger charge is -2.21. The minimum Gasteiger partial charge on any atom is -0.371 e. The number of nitrogens with one attached hydrogen (secondary N) is 1. The van der Waals surface area contributed by atoms with Crippen LogP contribution in [0.1, 0.15) is 17.3 Å². The number of carbonyl (C=O) groups is 1. The van der Waals surface area contributed by atoms with Crippen LogP contribution in [0.25, 0.3) is 0 Å². The van der Waals surface area contributed by atoms with E-state index in [9.17, 15) is 13.6 Å². The van der Waals surface area contributed by atoms with E-state index in [4.69, 9.17) is 0 Å². The molecule has 0 bridgehead atoms. The van der Waals surface area contributed by atoms with Gasteiger partial charge in [0.05, 0.1) is 5.56 Å². The van der Waals surface area contributed by atoms with Gasteiger partial charge in [0.2, 0.25) is 0 Å². The molecule has 1 aromatic carbocycles. The fraction of sp³-hybridized carbons (Fsp3) is 0.200. The average Bonchev–Trinajstić information content (AvgIpc) is 2.50. The SMILES string of the molecule is CCN(C(=O)c1ccnc(NC)c1F)c1ccc(F)cc1. The molecule has 6 heteroatoms. The minimum absolute atomic E-state index is 0.0102. The van der Waals surface area contributed by atoms with Crippen molar-refractivity contribution in [3.8, 4) is 0 Å². The van der Waals surface area contributed by atoms with Crippen LogP contribution < -0.4 is 10.2 Å². The number of pyridine rings is 1. The summed E-state index contributed by atoms with van der Waals surface area (Å²) in [5, 5.41) is 2.59. The Labute approximate surface area is 121 Å². The van der Waals surface area contributed by atoms with Crippen molar-refractivity contribution >= 4 is 17.4 Å². The Morgan fingerprint density at radius 2 is 1.90 bits per heavy atom. The predicted octanol–water partition coefficient (Wildman–Crippen LogP) is 3.07. The summed E-state index contributed by atoms with van der Waals surface area (Å²) in [7, 11) is 1.53. The Kier molecular flexibility index (Phi) is 4.47. The summed E-state index contributed by atoms with van der Waals surface area (Å²) >= 11 is 0. The van der Waals surface area contributed by atoms with E-state index in [1.165, 1.54) is 48.5 Å². The first-order valence-electron chi connectivity index (χ1n) is 6.48. The van der Waals surface area contributed by atoms with E-state index in [-0.39, 0.29) is 11.4 Å². The van der Waals surface area contributed by atoms with E-state index < -0.39 is 17.5 Å². The van der Waals surface area contributed by atoms with Crippen LogP contribution in [0.5, 0.6) is 0 Å². The van der Waals surface area contributed by atoms with E-state index in [1.54, 1.807) is 6.92 Å². The number of rotatable bonds is 4. The van der Waals surface area contributed by atoms with Gasteiger partial charge in [0, 0.05) is 25.5 Å². The summed E-state index contributed by atoms with van der Waals surface area (Å²) in [6.07, 6.45) is 1.36. The molecule has 0 aliphatic carbocycles. The van der Waals surface area contributed by atoms with E-state index in [0.717, 1.165) is 0 Å². The van der Waals surface area contributed by atoms with Gasteiger partial charge < -0.3 is 10.2 Å². The van der Waals surface area contributed by atoms with Gasteiger partial charge in [0.15, 0.2) is 11.6 Å². The normalized spacial score (nSPS) is 10.3. The van der Waals surface area contributed by atoms with Gasteiger partial charge in [0.1, 0.15) is 5.82 Å². The maximum absolute atomic E-state index is 14.2. The quantitative estimate of drug-likeness (QED) is 0.941. The molecule has 110 valence electrons. The van der Waals surface area contributed by atoms with Crippen molar-refractivity contribution in [1.82, 2.24) is 4.98 Å². The summed E-state index contributed by atoms with van der Waals surface area (Å²) in [4.78, 5) is 17.7. The van der Waals surface area contributed by atoms with Gasteiger partial charge in [-0.25, -0.2) is 13.8 Å². The lowest BCUT2D eigenvalue weighted by atomic mass is 10.2. The van der Waals surface area contributed by atoms with Crippen molar-refractivity contribution in [2.45, 2.75) is 6.92 Å². The highest BCUT2D eigenvalue weighted by molar-refractivity contribution is 6.06. The molecular weight excluding hydrogens is 276 g/mol. The number of hydrogen-bond donors (Lipinski definition) is 1. The maximum Gasteiger partial charge on any atom is 0.261 e. The molecule has 2 rings (SSSR count). The maximum atomic E-state index is 14.2. The molecule has 0 fully saturated rings. The molecule has 4 nitrogen and oxygen atoms in total. The third kappa shape index (κ3) is 2.99. The summed E-state index contributed by atoms with van der Waals surface area (Å²) in [5.74, 6) is -1.59. The third-order valence-electron chi connectivity index (χ3n) is 3.06. The zero-order valence-corrected chi connectivity index (χ0v) is 11.7. The first kappa shape index (κ1) is 14.9. The number of hydrogen-bond acceptors (Lipinski definition) is 3. The van der Waals surface area contributed by atoms with Crippen LogP contribution in [0.3, 0.4) is 0 Å². The Morgan fingerprint density at radius 1 is 1.24 bits per heavy atom. The Morgan fingerprint density at radius 3 is 2.48 bits per heavy atom. The first-order chi connectivity index (χ1) is 10.1. The van der Waals surface area contributed by atoms with E-state index in [1.807, 2.05) is 0 Å². The summed E-state index contributed by atoms with van der Waals surface area (Å²) in [6.45, 7) is 2.10. The van der Waals surface area contributed by atoms with Crippen LogP contribution in [0.15, 0.2) is 36.5 Å². The van der Waals surface area contributed by atoms with Crippen molar-refractivity contribution in [3.05, 3.63) is 53.7 Å². The molecular formula is C15H15F2N3O. The number of benzene rings is 1. The fourth-order valence-electron chi connectivity index (χ4n) is 1.99. The molecule has 2 aromatic rings. The Balaban J connectivity index is 2.39. The van der Waals surface area contributed by atoms with Gasteiger partial charge in [0.25, 0.3) is 5.91 Å². The summed E-state index contributed by atoms with van der Waals surface area (Å²) in [5.41, 5.74) is 0.423. The first-order valence-corrected chi connectivity index (χ1v) is 6.48. The van der Waals surface area contributed by atoms with E-state index >= 15 is 0 Å². The van der Waals surface area contributed by atoms with Crippen LogP contribution in [0.4, 0.5) is 20.3 Å². The lowest BCUT2D eigenvalue weighted by Crippen LogP contribution is -2.31. The zero-order valence-electron chi connectivity index (χ0n) is 11.7. The number of carbonyl (C=O) groups excluding carboxylic acids is 1. The average molecular weight is 291 g/mol. The van der Waals surface area contributed by atoms with Crippen LogP contribution >= 0.6 is 0 Å². The van der Waals surface area contributed by atoms with Crippen molar-refractivity contribution in [2.75, 3.05) is 23.8 Å². The van der Waals surface area contributed by atoms with Crippen LogP contribution in [0.2, 0.25) is 0 Å². The second-order valence-electron chi connectivity index (χ2n) is 4.30. The molecule has 1 aromatic heterocycles. The number of aromatic nitrogens is 1. The molecule has 0 saturated carbocycles. The molecule has 0 spiro atoms. The third-order valence-corrected chi connectivity index (χ3v) is 3.06. The van der Waals surface area contributed by atoms with Gasteiger partial charge in [-0.05, 0) is 37.3 Å². The van der Waals surface area contributed by atoms with E-state index in [0.29, 0.717) is 12.2 Å². The molecule has 1 amide bonds. The molecule has 0 saturated heterocycles. The molecule has 1 N–H and O–H groups in total. The van der Waals surface area contributed by atoms with Gasteiger partial charge in [-0.2, -0.15) is 0 Å². The van der Waals surface area contributed by atoms with Crippen molar-refractivity contribution < 1.29 is 13.6 Å². The highest BCUT2D eigenvalue weighted by Crippen LogP contribution is 2.21. The Hall–Kier alpha value is -2.50. The topological polar surface area (TPSA) is 45.2 Å². The fourth-order valence-corrected chi connectivity index (χ4v) is 1.99. The van der Waals surface area contributed by atoms with E-state index in [2.05, 4.69) is 10.3 Å². The Bertz CT molecular complexity index is 644. The lowest BCUT2D eigenvalue weighted by molar-refractivity contribution is 0.0984. The monoisotopic (exact) mass is 291 g/mol. The standard InChI is InChI=1S/C15H15F2N3O/c1-3-20(11-6-4-10(16)5-7-11)15(21)12-8-9-19-14(18-2)13(12)17/h4-9H,3H2,1-2H3,(H,18,19). The predicted molar refractivity (Wildman–Crippen MR) is 77.5 cm³/mol. The van der Waals surface area contributed by atoms with Crippen molar-refractivity contribution in [3.63, 3.8) is 0 Å². The zero-order chi connectivity index (χ0) is 15.4. The number of anilines is 2. The molecule has 0 atom stereocenters. The highest BCUT2D eigenvalue weighted by Gasteiger charge is 2.21. The largest absolute Gasteiger partial charge is 0.371 e. The second kappa shape index (κ2) is 6.30. The highest BCUT2D eigenvalue weighted by atomic mass is 19.1.